The number of nitrogens with one attached hydrogen (secondary N) is 3. The highest BCUT2D eigenvalue weighted by atomic mass is 32.2. The molecular weight excluding hydrogens is 330 g/mol. The first-order valence-electron chi connectivity index (χ1n) is 7.08. The molecule has 0 saturated carbocycles. The lowest BCUT2D eigenvalue weighted by Crippen LogP contribution is -2.18. The molecule has 0 amide bonds. The summed E-state index contributed by atoms with van der Waals surface area (Å²) in [6, 6.07) is 8.16. The van der Waals surface area contributed by atoms with Crippen molar-refractivity contribution < 1.29 is 13.5 Å². The van der Waals surface area contributed by atoms with Crippen molar-refractivity contribution in [2.24, 2.45) is 0 Å². The van der Waals surface area contributed by atoms with E-state index in [2.05, 4.69) is 24.9 Å². The van der Waals surface area contributed by atoms with Crippen LogP contribution in [0.2, 0.25) is 0 Å². The van der Waals surface area contributed by atoms with Crippen LogP contribution in [0.1, 0.15) is 0 Å². The van der Waals surface area contributed by atoms with Gasteiger partial charge < -0.3 is 10.1 Å². The number of aromatic hydroxyl groups is 1. The summed E-state index contributed by atoms with van der Waals surface area (Å²) in [5.74, 6) is -0.0737. The van der Waals surface area contributed by atoms with Gasteiger partial charge in [-0.15, -0.1) is 0 Å². The third kappa shape index (κ3) is 2.14. The Bertz CT molecular complexity index is 1180. The number of aromatic amines is 2. The molecule has 0 unspecified atom stereocenters. The van der Waals surface area contributed by atoms with E-state index in [0.29, 0.717) is 27.8 Å². The minimum Gasteiger partial charge on any atom is -0.494 e. The summed E-state index contributed by atoms with van der Waals surface area (Å²) in [4.78, 5) is 7.39. The zero-order valence-corrected chi connectivity index (χ0v) is 13.3. The van der Waals surface area contributed by atoms with Gasteiger partial charge in [0.2, 0.25) is 10.0 Å². The van der Waals surface area contributed by atoms with Gasteiger partial charge in [-0.1, -0.05) is 0 Å². The molecule has 1 aromatic carbocycles. The van der Waals surface area contributed by atoms with Crippen molar-refractivity contribution in [1.82, 2.24) is 24.9 Å². The Kier molecular flexibility index (Phi) is 3.08. The summed E-state index contributed by atoms with van der Waals surface area (Å²) in [5.41, 5.74) is 2.15. The van der Waals surface area contributed by atoms with Crippen LogP contribution in [0.4, 0.5) is 0 Å². The fraction of sp³-hybridized carbons (Fsp3) is 0.0667. The lowest BCUT2D eigenvalue weighted by atomic mass is 10.1. The molecule has 3 aromatic heterocycles. The predicted molar refractivity (Wildman–Crippen MR) is 89.1 cm³/mol. The molecule has 0 bridgehead atoms. The fourth-order valence-electron chi connectivity index (χ4n) is 2.67. The maximum absolute atomic E-state index is 12.0. The largest absolute Gasteiger partial charge is 0.494 e. The summed E-state index contributed by atoms with van der Waals surface area (Å²) in [5, 5.41) is 18.4. The number of sulfonamides is 1. The van der Waals surface area contributed by atoms with Gasteiger partial charge >= 0.3 is 0 Å². The van der Waals surface area contributed by atoms with E-state index in [1.807, 2.05) is 6.07 Å². The number of nitrogens with zero attached hydrogens (tertiary/aromatic N) is 2. The van der Waals surface area contributed by atoms with Crippen LogP contribution >= 0.6 is 0 Å². The highest BCUT2D eigenvalue weighted by Gasteiger charge is 2.18. The lowest BCUT2D eigenvalue weighted by Gasteiger charge is -2.04. The first kappa shape index (κ1) is 14.7. The van der Waals surface area contributed by atoms with Crippen molar-refractivity contribution >= 4 is 32.0 Å². The summed E-state index contributed by atoms with van der Waals surface area (Å²) in [6.45, 7) is 0. The van der Waals surface area contributed by atoms with E-state index in [-0.39, 0.29) is 10.8 Å². The van der Waals surface area contributed by atoms with Gasteiger partial charge in [0.15, 0.2) is 11.5 Å². The molecule has 9 heteroatoms. The maximum Gasteiger partial charge on any atom is 0.240 e. The van der Waals surface area contributed by atoms with Crippen LogP contribution in [-0.4, -0.2) is 40.7 Å². The van der Waals surface area contributed by atoms with E-state index in [1.54, 1.807) is 18.3 Å². The fourth-order valence-corrected chi connectivity index (χ4v) is 3.42. The number of rotatable bonds is 3. The molecule has 3 heterocycles. The van der Waals surface area contributed by atoms with E-state index in [0.717, 1.165) is 5.39 Å². The molecular formula is C15H13N5O3S. The molecule has 0 fully saturated rings. The summed E-state index contributed by atoms with van der Waals surface area (Å²) in [7, 11) is -2.24. The Morgan fingerprint density at radius 2 is 2.04 bits per heavy atom. The summed E-state index contributed by atoms with van der Waals surface area (Å²) >= 11 is 0. The highest BCUT2D eigenvalue weighted by Crippen LogP contribution is 2.37. The second kappa shape index (κ2) is 5.05. The molecule has 0 atom stereocenters. The number of H-pyrrole nitrogens is 2. The van der Waals surface area contributed by atoms with Crippen LogP contribution in [0.15, 0.2) is 41.4 Å². The van der Waals surface area contributed by atoms with E-state index in [4.69, 9.17) is 0 Å². The minimum atomic E-state index is -3.59. The molecule has 0 aliphatic heterocycles. The average Bonchev–Trinajstić information content (AvgIpc) is 3.16. The van der Waals surface area contributed by atoms with Gasteiger partial charge in [0, 0.05) is 16.3 Å². The number of hydrogen-bond acceptors (Lipinski definition) is 5. The van der Waals surface area contributed by atoms with Gasteiger partial charge in [-0.2, -0.15) is 5.10 Å². The Labute approximate surface area is 136 Å². The number of aromatic nitrogens is 4. The molecule has 8 nitrogen and oxygen atoms in total. The van der Waals surface area contributed by atoms with Crippen molar-refractivity contribution in [3.8, 4) is 17.1 Å². The average molecular weight is 343 g/mol. The quantitative estimate of drug-likeness (QED) is 0.451. The molecule has 0 spiro atoms. The number of fused-ring (bicyclic) bond motifs is 2. The normalized spacial score (nSPS) is 12.2. The maximum atomic E-state index is 12.0. The summed E-state index contributed by atoms with van der Waals surface area (Å²) in [6.07, 6.45) is 1.65. The third-order valence-electron chi connectivity index (χ3n) is 3.89. The lowest BCUT2D eigenvalue weighted by molar-refractivity contribution is 0.460. The molecule has 0 aliphatic carbocycles. The van der Waals surface area contributed by atoms with Crippen LogP contribution in [0.25, 0.3) is 33.2 Å². The van der Waals surface area contributed by atoms with Gasteiger partial charge in [0.05, 0.1) is 22.3 Å². The zero-order chi connectivity index (χ0) is 16.9. The topological polar surface area (TPSA) is 124 Å². The monoisotopic (exact) mass is 343 g/mol. The van der Waals surface area contributed by atoms with Crippen LogP contribution in [0.3, 0.4) is 0 Å². The Morgan fingerprint density at radius 3 is 2.83 bits per heavy atom. The van der Waals surface area contributed by atoms with Crippen LogP contribution in [0, 0.1) is 0 Å². The first-order chi connectivity index (χ1) is 11.5. The van der Waals surface area contributed by atoms with E-state index in [1.165, 1.54) is 19.2 Å². The van der Waals surface area contributed by atoms with Gasteiger partial charge in [-0.05, 0) is 37.4 Å². The number of benzene rings is 1. The second-order valence-electron chi connectivity index (χ2n) is 5.27. The zero-order valence-electron chi connectivity index (χ0n) is 12.5. The molecule has 4 N–H and O–H groups in total. The van der Waals surface area contributed by atoms with Gasteiger partial charge in [0.25, 0.3) is 0 Å². The predicted octanol–water partition coefficient (Wildman–Crippen LogP) is 1.72. The van der Waals surface area contributed by atoms with E-state index < -0.39 is 10.0 Å². The van der Waals surface area contributed by atoms with Crippen molar-refractivity contribution in [3.05, 3.63) is 36.5 Å². The van der Waals surface area contributed by atoms with Crippen molar-refractivity contribution in [2.45, 2.75) is 4.90 Å². The molecule has 24 heavy (non-hydrogen) atoms. The molecule has 122 valence electrons. The number of hydrogen-bond donors (Lipinski definition) is 4. The Hall–Kier alpha value is -2.91. The van der Waals surface area contributed by atoms with Crippen LogP contribution < -0.4 is 4.72 Å². The van der Waals surface area contributed by atoms with E-state index >= 15 is 0 Å². The highest BCUT2D eigenvalue weighted by molar-refractivity contribution is 7.89. The van der Waals surface area contributed by atoms with Crippen molar-refractivity contribution in [2.75, 3.05) is 7.05 Å². The summed E-state index contributed by atoms with van der Waals surface area (Å²) < 4.78 is 26.3. The van der Waals surface area contributed by atoms with Gasteiger partial charge in [0.1, 0.15) is 0 Å². The van der Waals surface area contributed by atoms with Crippen molar-refractivity contribution in [3.63, 3.8) is 0 Å². The number of pyridine rings is 1. The Balaban J connectivity index is 2.00. The molecule has 0 aliphatic rings. The SMILES string of the molecule is CNS(=O)(=O)c1ccc2[nH]c(O)c(-c3ccc4cn[nH]c4n3)c2c1. The standard InChI is InChI=1S/C15H13N5O3S/c1-16-24(22,23)9-3-5-11-10(6-9)13(15(21)19-11)12-4-2-8-7-17-20-14(8)18-12/h2-7,16,19,21H,1H3,(H,17,18,20). The second-order valence-corrected chi connectivity index (χ2v) is 7.15. The van der Waals surface area contributed by atoms with Crippen molar-refractivity contribution in [1.29, 1.82) is 0 Å². The molecule has 4 rings (SSSR count). The van der Waals surface area contributed by atoms with Crippen LogP contribution in [-0.2, 0) is 10.0 Å². The van der Waals surface area contributed by atoms with Crippen LogP contribution in [0.5, 0.6) is 5.88 Å². The third-order valence-corrected chi connectivity index (χ3v) is 5.30. The minimum absolute atomic E-state index is 0.0737. The molecule has 0 saturated heterocycles. The molecule has 0 radical (unpaired) electrons. The van der Waals surface area contributed by atoms with E-state index in [9.17, 15) is 13.5 Å². The smallest absolute Gasteiger partial charge is 0.240 e. The Morgan fingerprint density at radius 1 is 1.21 bits per heavy atom. The first-order valence-corrected chi connectivity index (χ1v) is 8.56. The molecule has 4 aromatic rings. The van der Waals surface area contributed by atoms with Gasteiger partial charge in [-0.25, -0.2) is 18.1 Å². The van der Waals surface area contributed by atoms with Gasteiger partial charge in [-0.3, -0.25) is 5.10 Å².